The Balaban J connectivity index is 2.40. The van der Waals surface area contributed by atoms with Gasteiger partial charge in [0, 0.05) is 13.1 Å². The lowest BCUT2D eigenvalue weighted by molar-refractivity contribution is 0.349. The van der Waals surface area contributed by atoms with Crippen molar-refractivity contribution in [3.05, 3.63) is 29.0 Å². The number of sulfonamides is 1. The highest BCUT2D eigenvalue weighted by molar-refractivity contribution is 7.89. The average Bonchev–Trinajstić information content (AvgIpc) is 2.73. The van der Waals surface area contributed by atoms with Crippen molar-refractivity contribution in [2.24, 2.45) is 11.1 Å². The van der Waals surface area contributed by atoms with Crippen LogP contribution in [0.25, 0.3) is 0 Å². The number of rotatable bonds is 3. The van der Waals surface area contributed by atoms with E-state index in [1.807, 2.05) is 6.92 Å². The van der Waals surface area contributed by atoms with Crippen molar-refractivity contribution in [1.82, 2.24) is 4.31 Å². The second kappa shape index (κ2) is 5.01. The molecule has 1 atom stereocenters. The summed E-state index contributed by atoms with van der Waals surface area (Å²) in [7, 11) is -3.91. The second-order valence-corrected chi connectivity index (χ2v) is 7.44. The van der Waals surface area contributed by atoms with Gasteiger partial charge in [-0.25, -0.2) is 12.8 Å². The first-order valence-electron chi connectivity index (χ1n) is 5.94. The Hall–Kier alpha value is -0.690. The minimum Gasteiger partial charge on any atom is -0.330 e. The molecule has 1 aliphatic heterocycles. The molecule has 1 heterocycles. The van der Waals surface area contributed by atoms with Crippen LogP contribution in [0.5, 0.6) is 0 Å². The Morgan fingerprint density at radius 2 is 2.21 bits per heavy atom. The standard InChI is InChI=1S/C12H16ClFN2O2S/c1-12(7-15)5-6-16(8-12)19(17,18)11-9(13)3-2-4-10(11)14/h2-4H,5-8,15H2,1H3. The second-order valence-electron chi connectivity index (χ2n) is 5.15. The molecule has 4 nitrogen and oxygen atoms in total. The van der Waals surface area contributed by atoms with Crippen LogP contribution in [0.3, 0.4) is 0 Å². The molecule has 0 aliphatic carbocycles. The summed E-state index contributed by atoms with van der Waals surface area (Å²) in [6, 6.07) is 3.84. The van der Waals surface area contributed by atoms with E-state index in [4.69, 9.17) is 17.3 Å². The van der Waals surface area contributed by atoms with Crippen molar-refractivity contribution < 1.29 is 12.8 Å². The fraction of sp³-hybridized carbons (Fsp3) is 0.500. The molecule has 0 radical (unpaired) electrons. The van der Waals surface area contributed by atoms with Crippen molar-refractivity contribution in [2.45, 2.75) is 18.2 Å². The number of hydrogen-bond acceptors (Lipinski definition) is 3. The predicted molar refractivity (Wildman–Crippen MR) is 71.9 cm³/mol. The third-order valence-corrected chi connectivity index (χ3v) is 5.88. The van der Waals surface area contributed by atoms with Crippen LogP contribution in [0.15, 0.2) is 23.1 Å². The van der Waals surface area contributed by atoms with Crippen LogP contribution < -0.4 is 5.73 Å². The highest BCUT2D eigenvalue weighted by atomic mass is 35.5. The van der Waals surface area contributed by atoms with E-state index in [0.717, 1.165) is 6.07 Å². The van der Waals surface area contributed by atoms with Crippen LogP contribution in [0.1, 0.15) is 13.3 Å². The fourth-order valence-electron chi connectivity index (χ4n) is 2.21. The maximum Gasteiger partial charge on any atom is 0.247 e. The van der Waals surface area contributed by atoms with Gasteiger partial charge in [0.25, 0.3) is 0 Å². The Kier molecular flexibility index (Phi) is 3.88. The summed E-state index contributed by atoms with van der Waals surface area (Å²) in [5.41, 5.74) is 5.39. The van der Waals surface area contributed by atoms with Crippen LogP contribution in [-0.4, -0.2) is 32.4 Å². The molecule has 1 unspecified atom stereocenters. The summed E-state index contributed by atoms with van der Waals surface area (Å²) in [6.07, 6.45) is 0.662. The Morgan fingerprint density at radius 1 is 1.53 bits per heavy atom. The summed E-state index contributed by atoms with van der Waals surface area (Å²) < 4.78 is 39.9. The molecule has 0 aromatic heterocycles. The van der Waals surface area contributed by atoms with Gasteiger partial charge in [0.1, 0.15) is 10.7 Å². The summed E-state index contributed by atoms with van der Waals surface area (Å²) >= 11 is 5.83. The fourth-order valence-corrected chi connectivity index (χ4v) is 4.36. The molecule has 1 aromatic carbocycles. The molecule has 0 saturated carbocycles. The van der Waals surface area contributed by atoms with Crippen LogP contribution in [-0.2, 0) is 10.0 Å². The van der Waals surface area contributed by atoms with Crippen LogP contribution in [0.4, 0.5) is 4.39 Å². The quantitative estimate of drug-likeness (QED) is 0.927. The molecular formula is C12H16ClFN2O2S. The monoisotopic (exact) mass is 306 g/mol. The third-order valence-electron chi connectivity index (χ3n) is 3.53. The van der Waals surface area contributed by atoms with Gasteiger partial charge < -0.3 is 5.73 Å². The highest BCUT2D eigenvalue weighted by Gasteiger charge is 2.40. The van der Waals surface area contributed by atoms with E-state index < -0.39 is 20.7 Å². The largest absolute Gasteiger partial charge is 0.330 e. The highest BCUT2D eigenvalue weighted by Crippen LogP contribution is 2.35. The molecule has 1 aliphatic rings. The molecule has 1 fully saturated rings. The first kappa shape index (κ1) is 14.7. The summed E-state index contributed by atoms with van der Waals surface area (Å²) in [5.74, 6) is -0.825. The minimum atomic E-state index is -3.91. The maximum absolute atomic E-state index is 13.8. The van der Waals surface area contributed by atoms with Crippen LogP contribution in [0, 0.1) is 11.2 Å². The Labute approximate surface area is 117 Å². The number of benzene rings is 1. The molecule has 0 bridgehead atoms. The van der Waals surface area contributed by atoms with Crippen molar-refractivity contribution in [3.63, 3.8) is 0 Å². The summed E-state index contributed by atoms with van der Waals surface area (Å²) in [6.45, 7) is 2.94. The molecule has 106 valence electrons. The van der Waals surface area contributed by atoms with E-state index in [2.05, 4.69) is 0 Å². The van der Waals surface area contributed by atoms with Gasteiger partial charge in [-0.1, -0.05) is 24.6 Å². The number of nitrogens with two attached hydrogens (primary N) is 1. The molecule has 2 rings (SSSR count). The van der Waals surface area contributed by atoms with E-state index in [1.165, 1.54) is 16.4 Å². The van der Waals surface area contributed by atoms with Gasteiger partial charge in [0.2, 0.25) is 10.0 Å². The van der Waals surface area contributed by atoms with Crippen LogP contribution >= 0.6 is 11.6 Å². The van der Waals surface area contributed by atoms with Gasteiger partial charge in [0.15, 0.2) is 0 Å². The molecule has 2 N–H and O–H groups in total. The van der Waals surface area contributed by atoms with Crippen molar-refractivity contribution in [3.8, 4) is 0 Å². The van der Waals surface area contributed by atoms with Crippen LogP contribution in [0.2, 0.25) is 5.02 Å². The van der Waals surface area contributed by atoms with Gasteiger partial charge in [0.05, 0.1) is 5.02 Å². The summed E-state index contributed by atoms with van der Waals surface area (Å²) in [5, 5.41) is -0.0960. The molecule has 1 aromatic rings. The smallest absolute Gasteiger partial charge is 0.247 e. The first-order chi connectivity index (χ1) is 8.80. The van der Waals surface area contributed by atoms with Crippen molar-refractivity contribution in [1.29, 1.82) is 0 Å². The number of halogens is 2. The third kappa shape index (κ3) is 2.63. The predicted octanol–water partition coefficient (Wildman–Crippen LogP) is 1.84. The Morgan fingerprint density at radius 3 is 2.74 bits per heavy atom. The van der Waals surface area contributed by atoms with E-state index in [-0.39, 0.29) is 17.0 Å². The van der Waals surface area contributed by atoms with E-state index >= 15 is 0 Å². The lowest BCUT2D eigenvalue weighted by Crippen LogP contribution is -2.35. The molecule has 7 heteroatoms. The zero-order valence-electron chi connectivity index (χ0n) is 10.6. The Bertz CT molecular complexity index is 573. The van der Waals surface area contributed by atoms with Gasteiger partial charge in [-0.05, 0) is 30.5 Å². The SMILES string of the molecule is CC1(CN)CCN(S(=O)(=O)c2c(F)cccc2Cl)C1. The number of nitrogens with zero attached hydrogens (tertiary/aromatic N) is 1. The maximum atomic E-state index is 13.8. The van der Waals surface area contributed by atoms with Gasteiger partial charge >= 0.3 is 0 Å². The zero-order valence-corrected chi connectivity index (χ0v) is 12.1. The van der Waals surface area contributed by atoms with Crippen molar-refractivity contribution >= 4 is 21.6 Å². The van der Waals surface area contributed by atoms with Gasteiger partial charge in [-0.2, -0.15) is 4.31 Å². The zero-order chi connectivity index (χ0) is 14.3. The lowest BCUT2D eigenvalue weighted by atomic mass is 9.90. The molecular weight excluding hydrogens is 291 g/mol. The van der Waals surface area contributed by atoms with E-state index in [1.54, 1.807) is 0 Å². The lowest BCUT2D eigenvalue weighted by Gasteiger charge is -2.22. The molecule has 19 heavy (non-hydrogen) atoms. The molecule has 1 saturated heterocycles. The van der Waals surface area contributed by atoms with Gasteiger partial charge in [-0.3, -0.25) is 0 Å². The normalized spacial score (nSPS) is 24.8. The number of hydrogen-bond donors (Lipinski definition) is 1. The average molecular weight is 307 g/mol. The van der Waals surface area contributed by atoms with Gasteiger partial charge in [-0.15, -0.1) is 0 Å². The molecule has 0 spiro atoms. The minimum absolute atomic E-state index is 0.0960. The van der Waals surface area contributed by atoms with E-state index in [0.29, 0.717) is 19.5 Å². The van der Waals surface area contributed by atoms with Crippen molar-refractivity contribution in [2.75, 3.05) is 19.6 Å². The van der Waals surface area contributed by atoms with E-state index in [9.17, 15) is 12.8 Å². The molecule has 0 amide bonds. The first-order valence-corrected chi connectivity index (χ1v) is 7.76. The topological polar surface area (TPSA) is 63.4 Å². The summed E-state index contributed by atoms with van der Waals surface area (Å²) in [4.78, 5) is -0.446.